The minimum absolute atomic E-state index is 0.0137. The van der Waals surface area contributed by atoms with E-state index in [2.05, 4.69) is 6.07 Å². The lowest BCUT2D eigenvalue weighted by molar-refractivity contribution is -0.164. The molecule has 0 atom stereocenters. The fourth-order valence-corrected chi connectivity index (χ4v) is 14.1. The zero-order chi connectivity index (χ0) is 42.1. The van der Waals surface area contributed by atoms with Gasteiger partial charge in [0.25, 0.3) is 0 Å². The lowest BCUT2D eigenvalue weighted by atomic mass is 9.79. The zero-order valence-electron chi connectivity index (χ0n) is 32.4. The highest BCUT2D eigenvalue weighted by Crippen LogP contribution is 2.63. The number of thiophene rings is 4. The first kappa shape index (κ1) is 38.5. The molecule has 0 saturated heterocycles. The average molecular weight is 887 g/mol. The topological polar surface area (TPSA) is 113 Å². The summed E-state index contributed by atoms with van der Waals surface area (Å²) in [5.41, 5.74) is 4.02. The summed E-state index contributed by atoms with van der Waals surface area (Å²) >= 11 is 5.80. The number of rotatable bonds is 8. The van der Waals surface area contributed by atoms with Crippen LogP contribution in [0.4, 0.5) is 0 Å². The molecule has 0 fully saturated rings. The molecule has 0 spiro atoms. The van der Waals surface area contributed by atoms with E-state index >= 15 is 9.59 Å². The number of carbonyl (C=O) groups is 5. The van der Waals surface area contributed by atoms with Crippen molar-refractivity contribution in [3.05, 3.63) is 176 Å². The molecule has 4 aromatic carbocycles. The van der Waals surface area contributed by atoms with Crippen LogP contribution in [0.3, 0.4) is 0 Å². The molecule has 0 amide bonds. The van der Waals surface area contributed by atoms with Crippen molar-refractivity contribution >= 4 is 117 Å². The van der Waals surface area contributed by atoms with Crippen molar-refractivity contribution < 1.29 is 38.2 Å². The first-order valence-corrected chi connectivity index (χ1v) is 22.9. The first-order valence-electron chi connectivity index (χ1n) is 19.7. The van der Waals surface area contributed by atoms with Gasteiger partial charge in [-0.05, 0) is 52.1 Å². The molecule has 0 N–H and O–H groups in total. The van der Waals surface area contributed by atoms with Crippen molar-refractivity contribution in [2.24, 2.45) is 0 Å². The summed E-state index contributed by atoms with van der Waals surface area (Å²) in [7, 11) is 0. The molecule has 5 heterocycles. The quantitative estimate of drug-likeness (QED) is 0.0642. The van der Waals surface area contributed by atoms with Gasteiger partial charge in [-0.3, -0.25) is 24.0 Å². The number of allylic oxidation sites excluding steroid dienone is 1. The van der Waals surface area contributed by atoms with Gasteiger partial charge in [0.05, 0.1) is 25.8 Å². The van der Waals surface area contributed by atoms with Crippen molar-refractivity contribution in [2.75, 3.05) is 13.2 Å². The second-order valence-corrected chi connectivity index (χ2v) is 19.3. The minimum atomic E-state index is -2.02. The average Bonchev–Trinajstić information content (AvgIpc) is 4.11. The maximum Gasteiger partial charge on any atom is 0.333 e. The molecule has 8 nitrogen and oxygen atoms in total. The molecule has 8 aromatic rings. The van der Waals surface area contributed by atoms with E-state index < -0.39 is 28.9 Å². The van der Waals surface area contributed by atoms with Gasteiger partial charge in [-0.15, -0.1) is 45.3 Å². The minimum Gasteiger partial charge on any atom is -0.459 e. The molecule has 1 aliphatic heterocycles. The van der Waals surface area contributed by atoms with Crippen LogP contribution in [0.5, 0.6) is 0 Å². The van der Waals surface area contributed by atoms with Crippen LogP contribution in [-0.2, 0) is 47.2 Å². The van der Waals surface area contributed by atoms with Crippen molar-refractivity contribution in [3.63, 3.8) is 0 Å². The molecule has 0 radical (unpaired) electrons. The summed E-state index contributed by atoms with van der Waals surface area (Å²) in [5, 5.41) is 0. The Bertz CT molecular complexity index is 3210. The summed E-state index contributed by atoms with van der Waals surface area (Å²) < 4.78 is 21.4. The van der Waals surface area contributed by atoms with Crippen molar-refractivity contribution in [3.8, 4) is 9.75 Å². The van der Waals surface area contributed by atoms with Crippen LogP contribution < -0.4 is 0 Å². The molecule has 0 saturated carbocycles. The molecular weight excluding hydrogens is 857 g/mol. The fraction of sp³-hybridized carbons (Fsp3) is 0.100. The highest BCUT2D eigenvalue weighted by Gasteiger charge is 2.62. The zero-order valence-corrected chi connectivity index (χ0v) is 35.7. The summed E-state index contributed by atoms with van der Waals surface area (Å²) in [6, 6.07) is 37.1. The van der Waals surface area contributed by atoms with Crippen LogP contribution in [0.1, 0.15) is 63.9 Å². The summed E-state index contributed by atoms with van der Waals surface area (Å²) in [6.45, 7) is 0.0808. The third kappa shape index (κ3) is 6.12. The van der Waals surface area contributed by atoms with E-state index in [-0.39, 0.29) is 32.2 Å². The van der Waals surface area contributed by atoms with Gasteiger partial charge in [0.2, 0.25) is 17.0 Å². The highest BCUT2D eigenvalue weighted by molar-refractivity contribution is 7.35. The van der Waals surface area contributed by atoms with Crippen LogP contribution >= 0.6 is 45.3 Å². The van der Waals surface area contributed by atoms with Gasteiger partial charge in [0.1, 0.15) is 19.8 Å². The second-order valence-electron chi connectivity index (χ2n) is 15.1. The first-order chi connectivity index (χ1) is 30.3. The standard InChI is InChI=1S/C50H30O8S4/c51-37-26-56-25-29(32-15-7-9-17-34(32)37)19-30-21-38-44(59-30)40-46(61-38)47-41(45-39(62-47)22-31(60-45)20-36-33-16-8-10-18-35(33)42(52)43(36)53)50(40,48(54)57-23-27-11-3-1-4-12-27)49(55)58-24-28-13-5-2-6-14-28/h1-22H,23-26H2/b29-19+,36-20-. The number of Topliss-reactive ketones (excluding diaryl/α,β-unsaturated/α-hetero) is 3. The Hall–Kier alpha value is -6.41. The summed E-state index contributed by atoms with van der Waals surface area (Å²) in [6.07, 6.45) is 3.74. The van der Waals surface area contributed by atoms with Crippen LogP contribution in [0.25, 0.3) is 51.9 Å². The number of fused-ring (bicyclic) bond motifs is 9. The summed E-state index contributed by atoms with van der Waals surface area (Å²) in [4.78, 5) is 73.0. The van der Waals surface area contributed by atoms with E-state index in [1.807, 2.05) is 97.1 Å². The third-order valence-corrected chi connectivity index (χ3v) is 16.2. The van der Waals surface area contributed by atoms with E-state index in [4.69, 9.17) is 14.2 Å². The van der Waals surface area contributed by atoms with Gasteiger partial charge in [0, 0.05) is 47.0 Å². The maximum absolute atomic E-state index is 15.4. The smallest absolute Gasteiger partial charge is 0.333 e. The van der Waals surface area contributed by atoms with Crippen LogP contribution in [0.15, 0.2) is 121 Å². The number of carbonyl (C=O) groups excluding carboxylic acids is 5. The molecule has 0 bridgehead atoms. The van der Waals surface area contributed by atoms with E-state index in [9.17, 15) is 14.4 Å². The number of hydrogen-bond donors (Lipinski definition) is 0. The predicted octanol–water partition coefficient (Wildman–Crippen LogP) is 11.1. The number of ketones is 3. The third-order valence-electron chi connectivity index (χ3n) is 11.3. The van der Waals surface area contributed by atoms with E-state index in [0.717, 1.165) is 51.0 Å². The Morgan fingerprint density at radius 2 is 1.06 bits per heavy atom. The molecule has 0 unspecified atom stereocenters. The monoisotopic (exact) mass is 886 g/mol. The number of ether oxygens (including phenoxy) is 3. The maximum atomic E-state index is 15.4. The molecule has 12 heteroatoms. The normalized spacial score (nSPS) is 16.4. The molecular formula is C50H30O8S4. The molecule has 62 heavy (non-hydrogen) atoms. The van der Waals surface area contributed by atoms with Crippen LogP contribution in [0.2, 0.25) is 0 Å². The Labute approximate surface area is 370 Å². The molecule has 4 aromatic heterocycles. The van der Waals surface area contributed by atoms with Gasteiger partial charge >= 0.3 is 11.9 Å². The van der Waals surface area contributed by atoms with Gasteiger partial charge < -0.3 is 14.2 Å². The number of hydrogen-bond acceptors (Lipinski definition) is 12. The van der Waals surface area contributed by atoms with Gasteiger partial charge in [0.15, 0.2) is 5.78 Å². The Kier molecular flexibility index (Phi) is 9.43. The fourth-order valence-electron chi connectivity index (χ4n) is 8.51. The van der Waals surface area contributed by atoms with Gasteiger partial charge in [-0.25, -0.2) is 0 Å². The number of benzene rings is 4. The predicted molar refractivity (Wildman–Crippen MR) is 245 cm³/mol. The van der Waals surface area contributed by atoms with Crippen molar-refractivity contribution in [1.82, 2.24) is 0 Å². The Balaban J connectivity index is 1.10. The highest BCUT2D eigenvalue weighted by atomic mass is 32.1. The van der Waals surface area contributed by atoms with Crippen molar-refractivity contribution in [1.29, 1.82) is 0 Å². The van der Waals surface area contributed by atoms with E-state index in [1.165, 1.54) is 45.3 Å². The SMILES string of the molecule is O=C1C(=O)c2ccccc2/C1=C/c1cc2sc3c(c2s1)C(C(=O)OCc1ccccc1)(C(=O)OCc1ccccc1)c1c-3sc2cc(/C=C3\COCC(=O)c4ccccc43)sc12. The molecule has 302 valence electrons. The van der Waals surface area contributed by atoms with E-state index in [1.54, 1.807) is 30.3 Å². The molecule has 11 rings (SSSR count). The lowest BCUT2D eigenvalue weighted by Gasteiger charge is -2.27. The second kappa shape index (κ2) is 15.2. The number of esters is 2. The van der Waals surface area contributed by atoms with Crippen molar-refractivity contribution in [2.45, 2.75) is 18.6 Å². The van der Waals surface area contributed by atoms with E-state index in [0.29, 0.717) is 43.0 Å². The Morgan fingerprint density at radius 3 is 1.65 bits per heavy atom. The molecule has 3 aliphatic rings. The van der Waals surface area contributed by atoms with Gasteiger partial charge in [-0.2, -0.15) is 0 Å². The molecule has 2 aliphatic carbocycles. The summed E-state index contributed by atoms with van der Waals surface area (Å²) in [5.74, 6) is -2.71. The van der Waals surface area contributed by atoms with Crippen LogP contribution in [-0.4, -0.2) is 42.5 Å². The largest absolute Gasteiger partial charge is 0.459 e. The van der Waals surface area contributed by atoms with Gasteiger partial charge in [-0.1, -0.05) is 109 Å². The van der Waals surface area contributed by atoms with Crippen LogP contribution in [0, 0.1) is 0 Å². The lowest BCUT2D eigenvalue weighted by Crippen LogP contribution is -2.45. The Morgan fingerprint density at radius 1 is 0.565 bits per heavy atom.